The standard InChI is InChI=1S/C28H20N2O2/c1-31-23-15-7-13-21-27(23)25(17-9-3-5-11-19(17)29-21)26-18-10-4-6-12-20(18)30-22-14-8-16-24(32-2)28(22)26/h3-16H,1-2H3. The lowest BCUT2D eigenvalue weighted by atomic mass is 9.90. The second-order valence-electron chi connectivity index (χ2n) is 7.72. The summed E-state index contributed by atoms with van der Waals surface area (Å²) in [6.07, 6.45) is 0. The third-order valence-electron chi connectivity index (χ3n) is 6.03. The Bertz CT molecular complexity index is 1530. The zero-order valence-electron chi connectivity index (χ0n) is 17.8. The summed E-state index contributed by atoms with van der Waals surface area (Å²) in [4.78, 5) is 9.90. The minimum atomic E-state index is 0.791. The Morgan fingerprint density at radius 2 is 0.875 bits per heavy atom. The molecule has 154 valence electrons. The molecular weight excluding hydrogens is 396 g/mol. The van der Waals surface area contributed by atoms with Gasteiger partial charge in [0.15, 0.2) is 0 Å². The van der Waals surface area contributed by atoms with Crippen LogP contribution in [0.2, 0.25) is 0 Å². The molecule has 0 spiro atoms. The monoisotopic (exact) mass is 416 g/mol. The van der Waals surface area contributed by atoms with Crippen LogP contribution >= 0.6 is 0 Å². The van der Waals surface area contributed by atoms with Gasteiger partial charge in [0.2, 0.25) is 0 Å². The summed E-state index contributed by atoms with van der Waals surface area (Å²) < 4.78 is 11.7. The predicted molar refractivity (Wildman–Crippen MR) is 131 cm³/mol. The molecule has 0 saturated heterocycles. The first-order chi connectivity index (χ1) is 15.8. The summed E-state index contributed by atoms with van der Waals surface area (Å²) in [5.74, 6) is 1.58. The Hall–Kier alpha value is -4.18. The number of fused-ring (bicyclic) bond motifs is 4. The molecule has 0 aliphatic carbocycles. The molecule has 2 aromatic heterocycles. The largest absolute Gasteiger partial charge is 0.496 e. The Labute approximate surface area is 185 Å². The van der Waals surface area contributed by atoms with Crippen molar-refractivity contribution >= 4 is 43.6 Å². The first kappa shape index (κ1) is 18.6. The van der Waals surface area contributed by atoms with Crippen molar-refractivity contribution in [1.82, 2.24) is 9.97 Å². The van der Waals surface area contributed by atoms with E-state index in [2.05, 4.69) is 36.4 Å². The summed E-state index contributed by atoms with van der Waals surface area (Å²) in [5.41, 5.74) is 5.82. The second-order valence-corrected chi connectivity index (χ2v) is 7.72. The number of benzene rings is 4. The van der Waals surface area contributed by atoms with E-state index >= 15 is 0 Å². The summed E-state index contributed by atoms with van der Waals surface area (Å²) >= 11 is 0. The van der Waals surface area contributed by atoms with Crippen LogP contribution in [0.1, 0.15) is 0 Å². The van der Waals surface area contributed by atoms with Gasteiger partial charge in [0.25, 0.3) is 0 Å². The van der Waals surface area contributed by atoms with E-state index in [9.17, 15) is 0 Å². The molecular formula is C28H20N2O2. The van der Waals surface area contributed by atoms with Gasteiger partial charge in [-0.1, -0.05) is 48.5 Å². The summed E-state index contributed by atoms with van der Waals surface area (Å²) in [5, 5.41) is 4.09. The van der Waals surface area contributed by atoms with Gasteiger partial charge in [-0.05, 0) is 36.4 Å². The Morgan fingerprint density at radius 3 is 1.31 bits per heavy atom. The summed E-state index contributed by atoms with van der Waals surface area (Å²) in [6.45, 7) is 0. The van der Waals surface area contributed by atoms with Gasteiger partial charge < -0.3 is 9.47 Å². The molecule has 0 saturated carbocycles. The highest BCUT2D eigenvalue weighted by Crippen LogP contribution is 2.46. The maximum absolute atomic E-state index is 5.83. The molecule has 32 heavy (non-hydrogen) atoms. The Kier molecular flexibility index (Phi) is 4.18. The molecule has 6 rings (SSSR count). The summed E-state index contributed by atoms with van der Waals surface area (Å²) in [6, 6.07) is 28.5. The van der Waals surface area contributed by atoms with E-state index in [0.717, 1.165) is 66.2 Å². The van der Waals surface area contributed by atoms with Gasteiger partial charge in [0, 0.05) is 21.9 Å². The van der Waals surface area contributed by atoms with Crippen molar-refractivity contribution in [3.05, 3.63) is 84.9 Å². The van der Waals surface area contributed by atoms with Crippen molar-refractivity contribution in [2.24, 2.45) is 0 Å². The SMILES string of the molecule is COc1cccc2nc3ccccc3c(-c3c4ccccc4nc4cccc(OC)c34)c12. The lowest BCUT2D eigenvalue weighted by molar-refractivity contribution is 0.419. The van der Waals surface area contributed by atoms with Crippen molar-refractivity contribution < 1.29 is 9.47 Å². The van der Waals surface area contributed by atoms with Gasteiger partial charge in [-0.15, -0.1) is 0 Å². The number of pyridine rings is 2. The van der Waals surface area contributed by atoms with Gasteiger partial charge in [0.1, 0.15) is 11.5 Å². The average Bonchev–Trinajstić information content (AvgIpc) is 2.85. The molecule has 0 N–H and O–H groups in total. The molecule has 0 aliphatic rings. The number of aromatic nitrogens is 2. The van der Waals surface area contributed by atoms with Crippen LogP contribution in [0.4, 0.5) is 0 Å². The average molecular weight is 416 g/mol. The van der Waals surface area contributed by atoms with Crippen molar-refractivity contribution in [2.45, 2.75) is 0 Å². The topological polar surface area (TPSA) is 44.2 Å². The molecule has 0 amide bonds. The third-order valence-corrected chi connectivity index (χ3v) is 6.03. The molecule has 4 nitrogen and oxygen atoms in total. The highest BCUT2D eigenvalue weighted by molar-refractivity contribution is 6.22. The fourth-order valence-corrected chi connectivity index (χ4v) is 4.68. The number of methoxy groups -OCH3 is 2. The quantitative estimate of drug-likeness (QED) is 0.299. The maximum atomic E-state index is 5.83. The van der Waals surface area contributed by atoms with Crippen molar-refractivity contribution in [1.29, 1.82) is 0 Å². The van der Waals surface area contributed by atoms with E-state index in [1.54, 1.807) is 14.2 Å². The van der Waals surface area contributed by atoms with Crippen LogP contribution in [-0.4, -0.2) is 24.2 Å². The minimum Gasteiger partial charge on any atom is -0.496 e. The maximum Gasteiger partial charge on any atom is 0.128 e. The number of para-hydroxylation sites is 2. The zero-order chi connectivity index (χ0) is 21.7. The van der Waals surface area contributed by atoms with Gasteiger partial charge in [-0.25, -0.2) is 9.97 Å². The highest BCUT2D eigenvalue weighted by atomic mass is 16.5. The Balaban J connectivity index is 1.97. The normalized spacial score (nSPS) is 11.4. The smallest absolute Gasteiger partial charge is 0.128 e. The second kappa shape index (κ2) is 7.20. The molecule has 4 aromatic carbocycles. The lowest BCUT2D eigenvalue weighted by Gasteiger charge is -2.18. The molecule has 0 radical (unpaired) electrons. The summed E-state index contributed by atoms with van der Waals surface area (Å²) in [7, 11) is 3.41. The van der Waals surface area contributed by atoms with E-state index < -0.39 is 0 Å². The molecule has 2 heterocycles. The van der Waals surface area contributed by atoms with E-state index in [-0.39, 0.29) is 0 Å². The molecule has 6 aromatic rings. The third kappa shape index (κ3) is 2.63. The Morgan fingerprint density at radius 1 is 0.469 bits per heavy atom. The fourth-order valence-electron chi connectivity index (χ4n) is 4.68. The van der Waals surface area contributed by atoms with Crippen LogP contribution in [0.15, 0.2) is 84.9 Å². The van der Waals surface area contributed by atoms with Crippen molar-refractivity contribution in [3.8, 4) is 22.6 Å². The van der Waals surface area contributed by atoms with E-state index in [0.29, 0.717) is 0 Å². The van der Waals surface area contributed by atoms with Crippen LogP contribution in [0.5, 0.6) is 11.5 Å². The number of rotatable bonds is 3. The van der Waals surface area contributed by atoms with Crippen LogP contribution in [0.25, 0.3) is 54.7 Å². The highest BCUT2D eigenvalue weighted by Gasteiger charge is 2.21. The van der Waals surface area contributed by atoms with Crippen LogP contribution in [0, 0.1) is 0 Å². The first-order valence-corrected chi connectivity index (χ1v) is 10.5. The number of hydrogen-bond acceptors (Lipinski definition) is 4. The minimum absolute atomic E-state index is 0.791. The molecule has 0 atom stereocenters. The zero-order valence-corrected chi connectivity index (χ0v) is 17.8. The molecule has 0 fully saturated rings. The number of ether oxygens (including phenoxy) is 2. The van der Waals surface area contributed by atoms with E-state index in [1.165, 1.54) is 0 Å². The molecule has 0 unspecified atom stereocenters. The van der Waals surface area contributed by atoms with Crippen LogP contribution < -0.4 is 9.47 Å². The van der Waals surface area contributed by atoms with Gasteiger partial charge >= 0.3 is 0 Å². The van der Waals surface area contributed by atoms with E-state index in [1.807, 2.05) is 48.5 Å². The van der Waals surface area contributed by atoms with Gasteiger partial charge in [-0.2, -0.15) is 0 Å². The fraction of sp³-hybridized carbons (Fsp3) is 0.0714. The van der Waals surface area contributed by atoms with Gasteiger partial charge in [0.05, 0.1) is 47.1 Å². The molecule has 0 aliphatic heterocycles. The van der Waals surface area contributed by atoms with Crippen molar-refractivity contribution in [2.75, 3.05) is 14.2 Å². The number of hydrogen-bond donors (Lipinski definition) is 0. The van der Waals surface area contributed by atoms with E-state index in [4.69, 9.17) is 19.4 Å². The van der Waals surface area contributed by atoms with Crippen molar-refractivity contribution in [3.63, 3.8) is 0 Å². The molecule has 4 heteroatoms. The lowest BCUT2D eigenvalue weighted by Crippen LogP contribution is -1.97. The van der Waals surface area contributed by atoms with Gasteiger partial charge in [-0.3, -0.25) is 0 Å². The molecule has 0 bridgehead atoms. The predicted octanol–water partition coefficient (Wildman–Crippen LogP) is 6.77. The number of nitrogens with zero attached hydrogens (tertiary/aromatic N) is 2. The van der Waals surface area contributed by atoms with Crippen LogP contribution in [0.3, 0.4) is 0 Å². The first-order valence-electron chi connectivity index (χ1n) is 10.5. The van der Waals surface area contributed by atoms with Crippen LogP contribution in [-0.2, 0) is 0 Å².